The number of rotatable bonds is 5. The van der Waals surface area contributed by atoms with Crippen molar-refractivity contribution in [1.82, 2.24) is 5.32 Å². The Hall–Kier alpha value is -0.380. The highest BCUT2D eigenvalue weighted by Gasteiger charge is 2.30. The molecule has 3 heteroatoms. The first kappa shape index (κ1) is 13.1. The molecule has 1 fully saturated rings. The van der Waals surface area contributed by atoms with Gasteiger partial charge in [0.1, 0.15) is 0 Å². The van der Waals surface area contributed by atoms with E-state index in [1.54, 1.807) is 0 Å². The number of benzene rings is 1. The van der Waals surface area contributed by atoms with Crippen molar-refractivity contribution in [2.75, 3.05) is 6.61 Å². The van der Waals surface area contributed by atoms with Gasteiger partial charge in [0, 0.05) is 23.2 Å². The normalized spacial score (nSPS) is 25.4. The molecule has 0 heterocycles. The van der Waals surface area contributed by atoms with Crippen molar-refractivity contribution in [1.29, 1.82) is 0 Å². The molecule has 1 aliphatic rings. The van der Waals surface area contributed by atoms with Gasteiger partial charge in [-0.3, -0.25) is 0 Å². The van der Waals surface area contributed by atoms with Crippen LogP contribution in [-0.2, 0) is 0 Å². The largest absolute Gasteiger partial charge is 0.396 e. The zero-order valence-corrected chi connectivity index (χ0v) is 11.8. The third kappa shape index (κ3) is 3.54. The summed E-state index contributed by atoms with van der Waals surface area (Å²) in [6.07, 6.45) is 3.29. The third-order valence-corrected chi connectivity index (χ3v) is 4.09. The summed E-state index contributed by atoms with van der Waals surface area (Å²) in [6, 6.07) is 9.71. The molecule has 1 aliphatic carbocycles. The van der Waals surface area contributed by atoms with Crippen LogP contribution in [0.5, 0.6) is 0 Å². The quantitative estimate of drug-likeness (QED) is 0.875. The molecule has 2 rings (SSSR count). The summed E-state index contributed by atoms with van der Waals surface area (Å²) in [7, 11) is 0. The van der Waals surface area contributed by atoms with Crippen LogP contribution in [0.15, 0.2) is 28.7 Å². The van der Waals surface area contributed by atoms with Gasteiger partial charge in [-0.25, -0.2) is 0 Å². The van der Waals surface area contributed by atoms with Crippen LogP contribution >= 0.6 is 15.9 Å². The summed E-state index contributed by atoms with van der Waals surface area (Å²) in [4.78, 5) is 0. The van der Waals surface area contributed by atoms with E-state index in [2.05, 4.69) is 52.4 Å². The Labute approximate surface area is 112 Å². The van der Waals surface area contributed by atoms with Crippen molar-refractivity contribution in [3.8, 4) is 0 Å². The van der Waals surface area contributed by atoms with Gasteiger partial charge in [0.05, 0.1) is 0 Å². The molecule has 1 saturated carbocycles. The predicted octanol–water partition coefficient (Wildman–Crippen LogP) is 3.06. The Kier molecular flexibility index (Phi) is 4.60. The van der Waals surface area contributed by atoms with Crippen molar-refractivity contribution in [2.24, 2.45) is 0 Å². The molecular formula is C14H20BrNO. The lowest BCUT2D eigenvalue weighted by Crippen LogP contribution is -2.44. The number of nitrogens with one attached hydrogen (secondary N) is 1. The van der Waals surface area contributed by atoms with E-state index in [0.717, 1.165) is 10.9 Å². The molecule has 0 aliphatic heterocycles. The molecule has 0 radical (unpaired) electrons. The van der Waals surface area contributed by atoms with Crippen LogP contribution in [-0.4, -0.2) is 23.8 Å². The van der Waals surface area contributed by atoms with Crippen LogP contribution in [0.3, 0.4) is 0 Å². The molecule has 94 valence electrons. The summed E-state index contributed by atoms with van der Waals surface area (Å²) in [5.41, 5.74) is 1.45. The summed E-state index contributed by atoms with van der Waals surface area (Å²) in [5, 5.41) is 12.4. The Balaban J connectivity index is 1.77. The van der Waals surface area contributed by atoms with E-state index in [9.17, 15) is 0 Å². The summed E-state index contributed by atoms with van der Waals surface area (Å²) >= 11 is 3.46. The highest BCUT2D eigenvalue weighted by molar-refractivity contribution is 9.10. The van der Waals surface area contributed by atoms with Crippen molar-refractivity contribution in [3.05, 3.63) is 34.3 Å². The minimum Gasteiger partial charge on any atom is -0.396 e. The minimum atomic E-state index is 0.275. The summed E-state index contributed by atoms with van der Waals surface area (Å²) in [6.45, 7) is 2.42. The van der Waals surface area contributed by atoms with Crippen LogP contribution in [0.25, 0.3) is 0 Å². The molecule has 1 aromatic rings. The van der Waals surface area contributed by atoms with Gasteiger partial charge in [-0.2, -0.15) is 0 Å². The van der Waals surface area contributed by atoms with Gasteiger partial charge < -0.3 is 10.4 Å². The molecular weight excluding hydrogens is 278 g/mol. The summed E-state index contributed by atoms with van der Waals surface area (Å²) < 4.78 is 1.15. The first-order chi connectivity index (χ1) is 8.19. The molecule has 2 nitrogen and oxygen atoms in total. The number of aliphatic hydroxyl groups is 1. The van der Waals surface area contributed by atoms with Crippen molar-refractivity contribution < 1.29 is 5.11 Å². The first-order valence-corrected chi connectivity index (χ1v) is 7.10. The van der Waals surface area contributed by atoms with Crippen molar-refractivity contribution in [2.45, 2.75) is 44.2 Å². The van der Waals surface area contributed by atoms with Gasteiger partial charge in [-0.1, -0.05) is 28.1 Å². The molecule has 0 bridgehead atoms. The van der Waals surface area contributed by atoms with Crippen LogP contribution in [0, 0.1) is 0 Å². The van der Waals surface area contributed by atoms with Gasteiger partial charge in [-0.15, -0.1) is 0 Å². The molecule has 1 unspecified atom stereocenters. The Morgan fingerprint density at radius 3 is 2.59 bits per heavy atom. The number of aliphatic hydroxyl groups excluding tert-OH is 1. The van der Waals surface area contributed by atoms with Gasteiger partial charge in [0.25, 0.3) is 0 Å². The smallest absolute Gasteiger partial charge is 0.0445 e. The lowest BCUT2D eigenvalue weighted by Gasteiger charge is -2.38. The second-order valence-electron chi connectivity index (χ2n) is 5.00. The first-order valence-electron chi connectivity index (χ1n) is 6.31. The van der Waals surface area contributed by atoms with Gasteiger partial charge in [0.15, 0.2) is 0 Å². The fourth-order valence-electron chi connectivity index (χ4n) is 2.44. The fraction of sp³-hybridized carbons (Fsp3) is 0.571. The van der Waals surface area contributed by atoms with E-state index < -0.39 is 0 Å². The summed E-state index contributed by atoms with van der Waals surface area (Å²) in [5.74, 6) is 0.710. The van der Waals surface area contributed by atoms with E-state index in [-0.39, 0.29) is 6.61 Å². The molecule has 1 aromatic carbocycles. The zero-order chi connectivity index (χ0) is 12.3. The van der Waals surface area contributed by atoms with E-state index >= 15 is 0 Å². The number of hydrogen-bond donors (Lipinski definition) is 2. The maximum absolute atomic E-state index is 8.85. The second kappa shape index (κ2) is 5.98. The molecule has 0 aromatic heterocycles. The Morgan fingerprint density at radius 2 is 2.00 bits per heavy atom. The Morgan fingerprint density at radius 1 is 1.35 bits per heavy atom. The lowest BCUT2D eigenvalue weighted by atomic mass is 9.75. The standard InChI is InChI=1S/C14H20BrNO/c1-10(6-7-17)16-14-8-12(9-14)11-2-4-13(15)5-3-11/h2-5,10,12,14,16-17H,6-9H2,1H3. The molecule has 0 saturated heterocycles. The van der Waals surface area contributed by atoms with Crippen molar-refractivity contribution >= 4 is 15.9 Å². The topological polar surface area (TPSA) is 32.3 Å². The maximum atomic E-state index is 8.85. The van der Waals surface area contributed by atoms with E-state index in [1.165, 1.54) is 18.4 Å². The molecule has 1 atom stereocenters. The van der Waals surface area contributed by atoms with Gasteiger partial charge >= 0.3 is 0 Å². The lowest BCUT2D eigenvalue weighted by molar-refractivity contribution is 0.230. The zero-order valence-electron chi connectivity index (χ0n) is 10.2. The van der Waals surface area contributed by atoms with E-state index in [0.29, 0.717) is 18.0 Å². The van der Waals surface area contributed by atoms with Gasteiger partial charge in [-0.05, 0) is 49.8 Å². The maximum Gasteiger partial charge on any atom is 0.0445 e. The van der Waals surface area contributed by atoms with Crippen LogP contribution in [0.2, 0.25) is 0 Å². The molecule has 0 amide bonds. The third-order valence-electron chi connectivity index (χ3n) is 3.56. The molecule has 2 N–H and O–H groups in total. The Bertz CT molecular complexity index is 346. The van der Waals surface area contributed by atoms with Gasteiger partial charge in [0.2, 0.25) is 0 Å². The fourth-order valence-corrected chi connectivity index (χ4v) is 2.70. The highest BCUT2D eigenvalue weighted by Crippen LogP contribution is 2.37. The minimum absolute atomic E-state index is 0.275. The SMILES string of the molecule is CC(CCO)NC1CC(c2ccc(Br)cc2)C1. The predicted molar refractivity (Wildman–Crippen MR) is 74.2 cm³/mol. The second-order valence-corrected chi connectivity index (χ2v) is 5.91. The highest BCUT2D eigenvalue weighted by atomic mass is 79.9. The number of hydrogen-bond acceptors (Lipinski definition) is 2. The van der Waals surface area contributed by atoms with Crippen LogP contribution in [0.1, 0.15) is 37.7 Å². The average molecular weight is 298 g/mol. The van der Waals surface area contributed by atoms with E-state index in [1.807, 2.05) is 0 Å². The molecule has 17 heavy (non-hydrogen) atoms. The van der Waals surface area contributed by atoms with Crippen LogP contribution in [0.4, 0.5) is 0 Å². The van der Waals surface area contributed by atoms with Crippen molar-refractivity contribution in [3.63, 3.8) is 0 Å². The van der Waals surface area contributed by atoms with Crippen LogP contribution < -0.4 is 5.32 Å². The average Bonchev–Trinajstić information content (AvgIpc) is 2.25. The molecule has 0 spiro atoms. The monoisotopic (exact) mass is 297 g/mol. The van der Waals surface area contributed by atoms with E-state index in [4.69, 9.17) is 5.11 Å². The number of halogens is 1.